The number of nitrogens with zero attached hydrogens (tertiary/aromatic N) is 2. The van der Waals surface area contributed by atoms with E-state index in [1.54, 1.807) is 24.4 Å². The molecular weight excluding hydrogens is 306 g/mol. The van der Waals surface area contributed by atoms with Crippen molar-refractivity contribution in [2.75, 3.05) is 25.7 Å². The Morgan fingerprint density at radius 3 is 3.00 bits per heavy atom. The van der Waals surface area contributed by atoms with Gasteiger partial charge in [-0.2, -0.15) is 0 Å². The quantitative estimate of drug-likeness (QED) is 0.940. The third kappa shape index (κ3) is 2.54. The van der Waals surface area contributed by atoms with E-state index in [1.807, 2.05) is 24.1 Å². The van der Waals surface area contributed by atoms with E-state index in [-0.39, 0.29) is 18.7 Å². The number of hydrogen-bond donors (Lipinski definition) is 1. The van der Waals surface area contributed by atoms with Crippen LogP contribution in [0.5, 0.6) is 11.5 Å². The highest BCUT2D eigenvalue weighted by Crippen LogP contribution is 2.36. The molecule has 0 bridgehead atoms. The molecule has 1 unspecified atom stereocenters. The highest BCUT2D eigenvalue weighted by Gasteiger charge is 2.31. The molecule has 1 fully saturated rings. The molecule has 4 rings (SSSR count). The Labute approximate surface area is 140 Å². The second kappa shape index (κ2) is 6.03. The van der Waals surface area contributed by atoms with E-state index < -0.39 is 0 Å². The van der Waals surface area contributed by atoms with Crippen molar-refractivity contribution in [1.29, 1.82) is 0 Å². The van der Waals surface area contributed by atoms with Crippen LogP contribution in [0.4, 0.5) is 5.82 Å². The molecule has 0 saturated carbocycles. The standard InChI is InChI=1S/C18H19N3O3/c1-19-17-10-12(6-7-20-17)14-3-2-8-21(14)18(22)13-4-5-15-16(9-13)24-11-23-15/h4-7,9-10,14H,2-3,8,11H2,1H3,(H,19,20). The molecule has 1 aromatic heterocycles. The van der Waals surface area contributed by atoms with Gasteiger partial charge < -0.3 is 19.7 Å². The number of carbonyl (C=O) groups excluding carboxylic acids is 1. The Morgan fingerprint density at radius 2 is 2.12 bits per heavy atom. The van der Waals surface area contributed by atoms with Crippen LogP contribution in [0.3, 0.4) is 0 Å². The van der Waals surface area contributed by atoms with Crippen LogP contribution in [0.15, 0.2) is 36.5 Å². The summed E-state index contributed by atoms with van der Waals surface area (Å²) in [5.74, 6) is 2.17. The molecule has 0 aliphatic carbocycles. The molecule has 1 aromatic carbocycles. The number of carbonyl (C=O) groups is 1. The molecule has 1 saturated heterocycles. The molecule has 1 N–H and O–H groups in total. The highest BCUT2D eigenvalue weighted by molar-refractivity contribution is 5.95. The zero-order chi connectivity index (χ0) is 16.5. The molecular formula is C18H19N3O3. The fraction of sp³-hybridized carbons (Fsp3) is 0.333. The Morgan fingerprint density at radius 1 is 1.25 bits per heavy atom. The van der Waals surface area contributed by atoms with Gasteiger partial charge in [0.15, 0.2) is 11.5 Å². The Kier molecular flexibility index (Phi) is 3.72. The van der Waals surface area contributed by atoms with Crippen LogP contribution in [0.25, 0.3) is 0 Å². The summed E-state index contributed by atoms with van der Waals surface area (Å²) in [6, 6.07) is 9.44. The first-order valence-corrected chi connectivity index (χ1v) is 8.10. The van der Waals surface area contributed by atoms with E-state index in [2.05, 4.69) is 10.3 Å². The lowest BCUT2D eigenvalue weighted by Gasteiger charge is -2.25. The van der Waals surface area contributed by atoms with Gasteiger partial charge in [0.2, 0.25) is 6.79 Å². The minimum Gasteiger partial charge on any atom is -0.454 e. The molecule has 2 aliphatic heterocycles. The minimum atomic E-state index is 0.0265. The number of likely N-dealkylation sites (tertiary alicyclic amines) is 1. The van der Waals surface area contributed by atoms with Gasteiger partial charge in [0.1, 0.15) is 5.82 Å². The van der Waals surface area contributed by atoms with Gasteiger partial charge in [-0.05, 0) is 48.7 Å². The summed E-state index contributed by atoms with van der Waals surface area (Å²) >= 11 is 0. The summed E-state index contributed by atoms with van der Waals surface area (Å²) in [5.41, 5.74) is 1.75. The van der Waals surface area contributed by atoms with Gasteiger partial charge >= 0.3 is 0 Å². The van der Waals surface area contributed by atoms with Crippen molar-refractivity contribution in [2.24, 2.45) is 0 Å². The van der Waals surface area contributed by atoms with E-state index >= 15 is 0 Å². The minimum absolute atomic E-state index is 0.0265. The number of pyridine rings is 1. The largest absolute Gasteiger partial charge is 0.454 e. The molecule has 124 valence electrons. The Balaban J connectivity index is 1.61. The van der Waals surface area contributed by atoms with Crippen molar-refractivity contribution in [1.82, 2.24) is 9.88 Å². The topological polar surface area (TPSA) is 63.7 Å². The van der Waals surface area contributed by atoms with Crippen LogP contribution in [-0.2, 0) is 0 Å². The van der Waals surface area contributed by atoms with E-state index in [0.29, 0.717) is 17.1 Å². The first-order valence-electron chi connectivity index (χ1n) is 8.10. The SMILES string of the molecule is CNc1cc(C2CCCN2C(=O)c2ccc3c(c2)OCO3)ccn1. The Bertz CT molecular complexity index is 778. The summed E-state index contributed by atoms with van der Waals surface area (Å²) < 4.78 is 10.7. The second-order valence-electron chi connectivity index (χ2n) is 5.95. The van der Waals surface area contributed by atoms with E-state index in [0.717, 1.165) is 30.8 Å². The molecule has 2 aliphatic rings. The molecule has 1 atom stereocenters. The first-order chi connectivity index (χ1) is 11.8. The van der Waals surface area contributed by atoms with Crippen molar-refractivity contribution in [2.45, 2.75) is 18.9 Å². The summed E-state index contributed by atoms with van der Waals surface area (Å²) in [4.78, 5) is 19.2. The average molecular weight is 325 g/mol. The molecule has 24 heavy (non-hydrogen) atoms. The summed E-state index contributed by atoms with van der Waals surface area (Å²) in [5, 5.41) is 3.05. The van der Waals surface area contributed by atoms with Crippen LogP contribution in [-0.4, -0.2) is 36.2 Å². The predicted octanol–water partition coefficient (Wildman–Crippen LogP) is 2.83. The first kappa shape index (κ1) is 14.8. The monoisotopic (exact) mass is 325 g/mol. The Hall–Kier alpha value is -2.76. The number of fused-ring (bicyclic) bond motifs is 1. The molecule has 3 heterocycles. The van der Waals surface area contributed by atoms with Crippen molar-refractivity contribution in [3.05, 3.63) is 47.7 Å². The number of benzene rings is 1. The maximum Gasteiger partial charge on any atom is 0.254 e. The molecule has 6 heteroatoms. The maximum atomic E-state index is 13.0. The van der Waals surface area contributed by atoms with Gasteiger partial charge in [-0.15, -0.1) is 0 Å². The molecule has 0 radical (unpaired) electrons. The highest BCUT2D eigenvalue weighted by atomic mass is 16.7. The number of rotatable bonds is 3. The number of aromatic nitrogens is 1. The molecule has 6 nitrogen and oxygen atoms in total. The normalized spacial score (nSPS) is 18.7. The third-order valence-electron chi connectivity index (χ3n) is 4.56. The number of anilines is 1. The fourth-order valence-corrected chi connectivity index (χ4v) is 3.34. The zero-order valence-electron chi connectivity index (χ0n) is 13.5. The van der Waals surface area contributed by atoms with Gasteiger partial charge in [-0.1, -0.05) is 0 Å². The van der Waals surface area contributed by atoms with Crippen molar-refractivity contribution < 1.29 is 14.3 Å². The molecule has 1 amide bonds. The lowest BCUT2D eigenvalue weighted by molar-refractivity contribution is 0.0735. The van der Waals surface area contributed by atoms with E-state index in [4.69, 9.17) is 9.47 Å². The van der Waals surface area contributed by atoms with E-state index in [1.165, 1.54) is 0 Å². The smallest absolute Gasteiger partial charge is 0.254 e. The van der Waals surface area contributed by atoms with Crippen LogP contribution < -0.4 is 14.8 Å². The van der Waals surface area contributed by atoms with Gasteiger partial charge in [0.05, 0.1) is 6.04 Å². The number of ether oxygens (including phenoxy) is 2. The van der Waals surface area contributed by atoms with E-state index in [9.17, 15) is 4.79 Å². The molecule has 0 spiro atoms. The fourth-order valence-electron chi connectivity index (χ4n) is 3.34. The van der Waals surface area contributed by atoms with Gasteiger partial charge in [0.25, 0.3) is 5.91 Å². The lowest BCUT2D eigenvalue weighted by Crippen LogP contribution is -2.30. The number of amides is 1. The zero-order valence-corrected chi connectivity index (χ0v) is 13.5. The van der Waals surface area contributed by atoms with Crippen molar-refractivity contribution >= 4 is 11.7 Å². The lowest BCUT2D eigenvalue weighted by atomic mass is 10.0. The number of nitrogens with one attached hydrogen (secondary N) is 1. The van der Waals surface area contributed by atoms with Gasteiger partial charge in [-0.25, -0.2) is 4.98 Å². The van der Waals surface area contributed by atoms with Crippen LogP contribution >= 0.6 is 0 Å². The summed E-state index contributed by atoms with van der Waals surface area (Å²) in [6.07, 6.45) is 3.74. The average Bonchev–Trinajstić information content (AvgIpc) is 3.29. The third-order valence-corrected chi connectivity index (χ3v) is 4.56. The van der Waals surface area contributed by atoms with Gasteiger partial charge in [0, 0.05) is 25.4 Å². The van der Waals surface area contributed by atoms with Crippen molar-refractivity contribution in [3.8, 4) is 11.5 Å². The van der Waals surface area contributed by atoms with Crippen LogP contribution in [0, 0.1) is 0 Å². The van der Waals surface area contributed by atoms with Crippen LogP contribution in [0.1, 0.15) is 34.8 Å². The van der Waals surface area contributed by atoms with Crippen molar-refractivity contribution in [3.63, 3.8) is 0 Å². The summed E-state index contributed by atoms with van der Waals surface area (Å²) in [6.45, 7) is 0.971. The van der Waals surface area contributed by atoms with Crippen LogP contribution in [0.2, 0.25) is 0 Å². The predicted molar refractivity (Wildman–Crippen MR) is 89.4 cm³/mol. The summed E-state index contributed by atoms with van der Waals surface area (Å²) in [7, 11) is 1.84. The van der Waals surface area contributed by atoms with Gasteiger partial charge in [-0.3, -0.25) is 4.79 Å². The number of hydrogen-bond acceptors (Lipinski definition) is 5. The molecule has 2 aromatic rings. The second-order valence-corrected chi connectivity index (χ2v) is 5.95. The maximum absolute atomic E-state index is 13.0.